The van der Waals surface area contributed by atoms with Gasteiger partial charge in [-0.1, -0.05) is 18.9 Å². The molecule has 1 aromatic heterocycles. The first-order chi connectivity index (χ1) is 18.1. The molecule has 0 saturated carbocycles. The molecule has 194 valence electrons. The molecule has 3 atom stereocenters. The molecule has 3 aromatic rings. The Morgan fingerprint density at radius 1 is 1.08 bits per heavy atom. The van der Waals surface area contributed by atoms with Crippen molar-refractivity contribution >= 4 is 22.3 Å². The number of rotatable bonds is 4. The number of anilines is 2. The zero-order chi connectivity index (χ0) is 25.8. The summed E-state index contributed by atoms with van der Waals surface area (Å²) < 4.78 is 27.9. The Morgan fingerprint density at radius 3 is 2.41 bits per heavy atom. The largest absolute Gasteiger partial charge is 0.372 e. The minimum absolute atomic E-state index is 0.0175. The van der Waals surface area contributed by atoms with Gasteiger partial charge in [0.25, 0.3) is 0 Å². The van der Waals surface area contributed by atoms with Gasteiger partial charge >= 0.3 is 0 Å². The molecule has 37 heavy (non-hydrogen) atoms. The smallest absolute Gasteiger partial charge is 0.148 e. The molecular formula is C28H33FN6OS. The van der Waals surface area contributed by atoms with E-state index in [1.165, 1.54) is 50.9 Å². The third-order valence-electron chi connectivity index (χ3n) is 7.34. The van der Waals surface area contributed by atoms with Crippen LogP contribution >= 0.6 is 0 Å². The van der Waals surface area contributed by atoms with E-state index in [0.29, 0.717) is 17.4 Å². The Balaban J connectivity index is 0.000000348. The summed E-state index contributed by atoms with van der Waals surface area (Å²) in [6.45, 7) is 3.35. The molecule has 0 amide bonds. The quantitative estimate of drug-likeness (QED) is 0.529. The number of fused-ring (bicyclic) bond motifs is 2. The molecule has 3 fully saturated rings. The second kappa shape index (κ2) is 11.4. The van der Waals surface area contributed by atoms with Gasteiger partial charge in [-0.25, -0.2) is 9.07 Å². The van der Waals surface area contributed by atoms with E-state index < -0.39 is 16.6 Å². The van der Waals surface area contributed by atoms with Gasteiger partial charge in [-0.3, -0.25) is 4.21 Å². The van der Waals surface area contributed by atoms with Crippen molar-refractivity contribution in [2.24, 2.45) is 0 Å². The molecule has 9 heteroatoms. The van der Waals surface area contributed by atoms with Crippen LogP contribution in [0, 0.1) is 17.1 Å². The lowest BCUT2D eigenvalue weighted by atomic mass is 10.1. The standard InChI is InChI=1S/C22H20FN5OS.C6H13N/c1-25-22-10-21(14-2-3-15(11-24)20(23)8-14)28(26-22)17-6-4-16(5-7-17)27-12-19-9-18(27)13-30(19)29;1-2-4-6-7-5-3-1/h2-8,10,18-19H,9,12-13H2,1H3,(H,25,26);7H,1-6H2. The topological polar surface area (TPSA) is 86.0 Å². The Labute approximate surface area is 220 Å². The van der Waals surface area contributed by atoms with Crippen LogP contribution in [0.2, 0.25) is 0 Å². The van der Waals surface area contributed by atoms with Gasteiger partial charge in [0, 0.05) is 53.5 Å². The van der Waals surface area contributed by atoms with Gasteiger partial charge in [0.05, 0.1) is 22.2 Å². The van der Waals surface area contributed by atoms with Gasteiger partial charge in [0.2, 0.25) is 0 Å². The van der Waals surface area contributed by atoms with Crippen LogP contribution in [0.3, 0.4) is 0 Å². The highest BCUT2D eigenvalue weighted by atomic mass is 32.2. The SMILES string of the molecule is C1CCCNCC1.CNc1cc(-c2ccc(C#N)c(F)c2)n(-c2ccc(N3CC4CC3CS4=O)cc2)n1. The van der Waals surface area contributed by atoms with Crippen molar-refractivity contribution in [3.05, 3.63) is 59.9 Å². The maximum atomic E-state index is 14.2. The van der Waals surface area contributed by atoms with Crippen LogP contribution in [-0.4, -0.2) is 57.7 Å². The molecule has 6 rings (SSSR count). The molecule has 0 radical (unpaired) electrons. The molecule has 3 unspecified atom stereocenters. The maximum Gasteiger partial charge on any atom is 0.148 e. The fourth-order valence-electron chi connectivity index (χ4n) is 5.30. The fourth-order valence-corrected chi connectivity index (χ4v) is 7.03. The number of halogens is 1. The van der Waals surface area contributed by atoms with Gasteiger partial charge < -0.3 is 15.5 Å². The van der Waals surface area contributed by atoms with E-state index in [-0.39, 0.29) is 10.8 Å². The lowest BCUT2D eigenvalue weighted by molar-refractivity contribution is 0.624. The lowest BCUT2D eigenvalue weighted by Gasteiger charge is -2.28. The highest BCUT2D eigenvalue weighted by Gasteiger charge is 2.43. The third-order valence-corrected chi connectivity index (χ3v) is 9.14. The Hall–Kier alpha value is -3.22. The monoisotopic (exact) mass is 520 g/mol. The van der Waals surface area contributed by atoms with Crippen molar-refractivity contribution in [2.75, 3.05) is 42.7 Å². The third kappa shape index (κ3) is 5.55. The summed E-state index contributed by atoms with van der Waals surface area (Å²) in [4.78, 5) is 2.34. The summed E-state index contributed by atoms with van der Waals surface area (Å²) in [6, 6.07) is 16.7. The van der Waals surface area contributed by atoms with Crippen molar-refractivity contribution in [3.8, 4) is 23.0 Å². The lowest BCUT2D eigenvalue weighted by Crippen LogP contribution is -2.38. The van der Waals surface area contributed by atoms with Crippen molar-refractivity contribution in [1.29, 1.82) is 5.26 Å². The summed E-state index contributed by atoms with van der Waals surface area (Å²) in [7, 11) is 1.10. The van der Waals surface area contributed by atoms with Crippen LogP contribution in [0.4, 0.5) is 15.9 Å². The summed E-state index contributed by atoms with van der Waals surface area (Å²) in [5.74, 6) is 0.870. The van der Waals surface area contributed by atoms with Crippen LogP contribution in [0.15, 0.2) is 48.5 Å². The fraction of sp³-hybridized carbons (Fsp3) is 0.429. The van der Waals surface area contributed by atoms with Crippen LogP contribution in [0.25, 0.3) is 16.9 Å². The van der Waals surface area contributed by atoms with E-state index in [0.717, 1.165) is 35.8 Å². The van der Waals surface area contributed by atoms with E-state index in [1.807, 2.05) is 24.3 Å². The molecule has 0 aliphatic carbocycles. The number of benzene rings is 2. The van der Waals surface area contributed by atoms with Crippen LogP contribution in [0.5, 0.6) is 0 Å². The molecule has 3 aliphatic rings. The van der Waals surface area contributed by atoms with Crippen LogP contribution < -0.4 is 15.5 Å². The number of hydrogen-bond donors (Lipinski definition) is 2. The molecule has 3 aliphatic heterocycles. The summed E-state index contributed by atoms with van der Waals surface area (Å²) in [5.41, 5.74) is 3.36. The van der Waals surface area contributed by atoms with Gasteiger partial charge in [-0.05, 0) is 68.8 Å². The molecule has 3 saturated heterocycles. The van der Waals surface area contributed by atoms with Crippen LogP contribution in [0.1, 0.15) is 37.7 Å². The number of nitriles is 1. The van der Waals surface area contributed by atoms with Crippen LogP contribution in [-0.2, 0) is 10.8 Å². The minimum atomic E-state index is -0.680. The first-order valence-electron chi connectivity index (χ1n) is 13.0. The number of hydrogen-bond acceptors (Lipinski definition) is 6. The van der Waals surface area contributed by atoms with Gasteiger partial charge in [0.15, 0.2) is 0 Å². The van der Waals surface area contributed by atoms with E-state index in [1.54, 1.807) is 17.8 Å². The van der Waals surface area contributed by atoms with Gasteiger partial charge in [-0.15, -0.1) is 5.10 Å². The van der Waals surface area contributed by atoms with Gasteiger partial charge in [-0.2, -0.15) is 5.26 Å². The average molecular weight is 521 g/mol. The zero-order valence-electron chi connectivity index (χ0n) is 21.1. The normalized spacial score (nSPS) is 22.6. The predicted octanol–water partition coefficient (Wildman–Crippen LogP) is 4.45. The van der Waals surface area contributed by atoms with Crippen molar-refractivity contribution in [2.45, 2.75) is 43.4 Å². The Bertz CT molecular complexity index is 1280. The Morgan fingerprint density at radius 2 is 1.81 bits per heavy atom. The number of nitrogens with zero attached hydrogens (tertiary/aromatic N) is 4. The molecule has 2 N–H and O–H groups in total. The summed E-state index contributed by atoms with van der Waals surface area (Å²) in [6.07, 6.45) is 6.66. The van der Waals surface area contributed by atoms with E-state index in [4.69, 9.17) is 5.26 Å². The van der Waals surface area contributed by atoms with E-state index in [2.05, 4.69) is 32.8 Å². The molecule has 7 nitrogen and oxygen atoms in total. The van der Waals surface area contributed by atoms with Gasteiger partial charge in [0.1, 0.15) is 17.7 Å². The zero-order valence-corrected chi connectivity index (χ0v) is 21.9. The van der Waals surface area contributed by atoms with E-state index in [9.17, 15) is 8.60 Å². The molecule has 2 aromatic carbocycles. The highest BCUT2D eigenvalue weighted by Crippen LogP contribution is 2.35. The maximum absolute atomic E-state index is 14.2. The molecule has 2 bridgehead atoms. The molecule has 4 heterocycles. The van der Waals surface area contributed by atoms with E-state index >= 15 is 0 Å². The Kier molecular flexibility index (Phi) is 7.87. The second-order valence-corrected chi connectivity index (χ2v) is 11.5. The average Bonchev–Trinajstić information content (AvgIpc) is 3.56. The first kappa shape index (κ1) is 25.4. The highest BCUT2D eigenvalue weighted by molar-refractivity contribution is 7.86. The summed E-state index contributed by atoms with van der Waals surface area (Å²) >= 11 is 0. The second-order valence-electron chi connectivity index (χ2n) is 9.77. The minimum Gasteiger partial charge on any atom is -0.372 e. The van der Waals surface area contributed by atoms with Crippen molar-refractivity contribution in [1.82, 2.24) is 15.1 Å². The number of aromatic nitrogens is 2. The number of nitrogens with one attached hydrogen (secondary N) is 2. The first-order valence-corrected chi connectivity index (χ1v) is 14.4. The molecule has 0 spiro atoms. The predicted molar refractivity (Wildman–Crippen MR) is 147 cm³/mol. The van der Waals surface area contributed by atoms with Crippen molar-refractivity contribution < 1.29 is 8.60 Å². The van der Waals surface area contributed by atoms with Crippen molar-refractivity contribution in [3.63, 3.8) is 0 Å². The molecular weight excluding hydrogens is 487 g/mol. The summed E-state index contributed by atoms with van der Waals surface area (Å²) in [5, 5.41) is 20.2.